The zero-order chi connectivity index (χ0) is 17.0. The summed E-state index contributed by atoms with van der Waals surface area (Å²) < 4.78 is 24.3. The van der Waals surface area contributed by atoms with Crippen LogP contribution in [0, 0.1) is 5.82 Å². The maximum atomic E-state index is 13.3. The monoisotopic (exact) mass is 336 g/mol. The normalized spacial score (nSPS) is 21.2. The standard InChI is InChI=1S/C18H25FN2O3/c1-23-11-9-21-10-12-24-14-18(21)5-7-20(8-6-18)17(22)15-3-2-4-16(19)13-15/h2-4,13H,5-12,14H2,1H3. The number of methoxy groups -OCH3 is 1. The van der Waals surface area contributed by atoms with Gasteiger partial charge < -0.3 is 14.4 Å². The highest BCUT2D eigenvalue weighted by atomic mass is 19.1. The fraction of sp³-hybridized carbons (Fsp3) is 0.611. The lowest BCUT2D eigenvalue weighted by Crippen LogP contribution is -2.62. The summed E-state index contributed by atoms with van der Waals surface area (Å²) in [6, 6.07) is 5.91. The Morgan fingerprint density at radius 2 is 2.12 bits per heavy atom. The van der Waals surface area contributed by atoms with Gasteiger partial charge in [-0.2, -0.15) is 0 Å². The van der Waals surface area contributed by atoms with Crippen molar-refractivity contribution in [1.29, 1.82) is 0 Å². The van der Waals surface area contributed by atoms with Crippen LogP contribution in [0.1, 0.15) is 23.2 Å². The molecule has 1 aromatic rings. The van der Waals surface area contributed by atoms with Crippen molar-refractivity contribution in [2.75, 3.05) is 53.1 Å². The molecule has 132 valence electrons. The van der Waals surface area contributed by atoms with Gasteiger partial charge in [-0.1, -0.05) is 6.07 Å². The third-order valence-corrected chi connectivity index (χ3v) is 5.17. The van der Waals surface area contributed by atoms with Crippen molar-refractivity contribution in [3.05, 3.63) is 35.6 Å². The molecule has 6 heteroatoms. The molecule has 2 aliphatic rings. The Kier molecular flexibility index (Phi) is 5.48. The van der Waals surface area contributed by atoms with E-state index in [0.29, 0.717) is 31.9 Å². The Hall–Kier alpha value is -1.50. The van der Waals surface area contributed by atoms with Gasteiger partial charge in [-0.3, -0.25) is 9.69 Å². The number of hydrogen-bond acceptors (Lipinski definition) is 4. The summed E-state index contributed by atoms with van der Waals surface area (Å²) in [6.45, 7) is 5.28. The maximum Gasteiger partial charge on any atom is 0.253 e. The second-order valence-corrected chi connectivity index (χ2v) is 6.56. The van der Waals surface area contributed by atoms with Crippen molar-refractivity contribution >= 4 is 5.91 Å². The Morgan fingerprint density at radius 3 is 2.83 bits per heavy atom. The second-order valence-electron chi connectivity index (χ2n) is 6.56. The van der Waals surface area contributed by atoms with Crippen LogP contribution in [0.4, 0.5) is 4.39 Å². The van der Waals surface area contributed by atoms with Gasteiger partial charge in [-0.25, -0.2) is 4.39 Å². The summed E-state index contributed by atoms with van der Waals surface area (Å²) in [5.41, 5.74) is 0.414. The number of likely N-dealkylation sites (tertiary alicyclic amines) is 1. The number of morpholine rings is 1. The van der Waals surface area contributed by atoms with Crippen LogP contribution in [0.5, 0.6) is 0 Å². The molecule has 0 N–H and O–H groups in total. The van der Waals surface area contributed by atoms with Crippen LogP contribution in [0.2, 0.25) is 0 Å². The Bertz CT molecular complexity index is 573. The van der Waals surface area contributed by atoms with E-state index in [9.17, 15) is 9.18 Å². The van der Waals surface area contributed by atoms with E-state index in [0.717, 1.165) is 32.5 Å². The molecule has 2 heterocycles. The molecular formula is C18H25FN2O3. The van der Waals surface area contributed by atoms with E-state index < -0.39 is 0 Å². The zero-order valence-electron chi connectivity index (χ0n) is 14.2. The molecule has 1 aromatic carbocycles. The molecule has 0 saturated carbocycles. The molecule has 0 radical (unpaired) electrons. The molecule has 5 nitrogen and oxygen atoms in total. The summed E-state index contributed by atoms with van der Waals surface area (Å²) >= 11 is 0. The van der Waals surface area contributed by atoms with Gasteiger partial charge in [0.25, 0.3) is 5.91 Å². The number of ether oxygens (including phenoxy) is 2. The smallest absolute Gasteiger partial charge is 0.253 e. The van der Waals surface area contributed by atoms with Crippen LogP contribution in [0.15, 0.2) is 24.3 Å². The van der Waals surface area contributed by atoms with Crippen molar-refractivity contribution in [3.63, 3.8) is 0 Å². The molecule has 2 saturated heterocycles. The zero-order valence-corrected chi connectivity index (χ0v) is 14.2. The van der Waals surface area contributed by atoms with Crippen LogP contribution < -0.4 is 0 Å². The van der Waals surface area contributed by atoms with Gasteiger partial charge in [0.1, 0.15) is 5.82 Å². The summed E-state index contributed by atoms with van der Waals surface area (Å²) in [6.07, 6.45) is 1.75. The van der Waals surface area contributed by atoms with E-state index >= 15 is 0 Å². The van der Waals surface area contributed by atoms with Crippen molar-refractivity contribution in [3.8, 4) is 0 Å². The van der Waals surface area contributed by atoms with E-state index in [2.05, 4.69) is 4.90 Å². The molecule has 0 bridgehead atoms. The third kappa shape index (κ3) is 3.61. The lowest BCUT2D eigenvalue weighted by molar-refractivity contribution is -0.0968. The summed E-state index contributed by atoms with van der Waals surface area (Å²) in [5.74, 6) is -0.467. The largest absolute Gasteiger partial charge is 0.383 e. The highest BCUT2D eigenvalue weighted by Gasteiger charge is 2.42. The fourth-order valence-electron chi connectivity index (χ4n) is 3.71. The topological polar surface area (TPSA) is 42.0 Å². The van der Waals surface area contributed by atoms with Crippen LogP contribution in [-0.2, 0) is 9.47 Å². The minimum Gasteiger partial charge on any atom is -0.383 e. The summed E-state index contributed by atoms with van der Waals surface area (Å²) in [5, 5.41) is 0. The van der Waals surface area contributed by atoms with E-state index in [1.165, 1.54) is 12.1 Å². The van der Waals surface area contributed by atoms with E-state index in [-0.39, 0.29) is 17.3 Å². The van der Waals surface area contributed by atoms with Crippen molar-refractivity contribution in [2.24, 2.45) is 0 Å². The van der Waals surface area contributed by atoms with Gasteiger partial charge in [0.15, 0.2) is 0 Å². The molecule has 1 amide bonds. The number of piperidine rings is 1. The number of nitrogens with zero attached hydrogens (tertiary/aromatic N) is 2. The number of halogens is 1. The number of hydrogen-bond donors (Lipinski definition) is 0. The van der Waals surface area contributed by atoms with Gasteiger partial charge in [0.05, 0.1) is 19.8 Å². The molecular weight excluding hydrogens is 311 g/mol. The first kappa shape index (κ1) is 17.3. The highest BCUT2D eigenvalue weighted by Crippen LogP contribution is 2.32. The lowest BCUT2D eigenvalue weighted by atomic mass is 9.85. The molecule has 0 aromatic heterocycles. The average Bonchev–Trinajstić information content (AvgIpc) is 2.61. The van der Waals surface area contributed by atoms with Gasteiger partial charge in [-0.15, -0.1) is 0 Å². The molecule has 2 fully saturated rings. The number of carbonyl (C=O) groups is 1. The number of rotatable bonds is 4. The lowest BCUT2D eigenvalue weighted by Gasteiger charge is -2.51. The van der Waals surface area contributed by atoms with Crippen LogP contribution in [-0.4, -0.2) is 74.4 Å². The summed E-state index contributed by atoms with van der Waals surface area (Å²) in [4.78, 5) is 16.8. The van der Waals surface area contributed by atoms with E-state index in [1.807, 2.05) is 4.90 Å². The average molecular weight is 336 g/mol. The quantitative estimate of drug-likeness (QED) is 0.841. The number of carbonyl (C=O) groups excluding carboxylic acids is 1. The van der Waals surface area contributed by atoms with Crippen LogP contribution >= 0.6 is 0 Å². The molecule has 0 aliphatic carbocycles. The van der Waals surface area contributed by atoms with Gasteiger partial charge >= 0.3 is 0 Å². The Morgan fingerprint density at radius 1 is 1.33 bits per heavy atom. The third-order valence-electron chi connectivity index (χ3n) is 5.17. The minimum atomic E-state index is -0.374. The number of amides is 1. The molecule has 0 atom stereocenters. The fourth-order valence-corrected chi connectivity index (χ4v) is 3.71. The minimum absolute atomic E-state index is 0.00447. The van der Waals surface area contributed by atoms with Gasteiger partial charge in [0.2, 0.25) is 0 Å². The van der Waals surface area contributed by atoms with Crippen molar-refractivity contribution in [2.45, 2.75) is 18.4 Å². The van der Waals surface area contributed by atoms with Crippen molar-refractivity contribution < 1.29 is 18.7 Å². The SMILES string of the molecule is COCCN1CCOCC12CCN(C(=O)c1cccc(F)c1)CC2. The molecule has 1 spiro atoms. The maximum absolute atomic E-state index is 13.3. The van der Waals surface area contributed by atoms with Crippen molar-refractivity contribution in [1.82, 2.24) is 9.80 Å². The van der Waals surface area contributed by atoms with E-state index in [1.54, 1.807) is 19.2 Å². The predicted octanol–water partition coefficient (Wildman–Crippen LogP) is 1.78. The van der Waals surface area contributed by atoms with E-state index in [4.69, 9.17) is 9.47 Å². The first-order valence-electron chi connectivity index (χ1n) is 8.51. The molecule has 2 aliphatic heterocycles. The molecule has 0 unspecified atom stereocenters. The first-order chi connectivity index (χ1) is 11.6. The second kappa shape index (κ2) is 7.59. The van der Waals surface area contributed by atoms with Crippen LogP contribution in [0.3, 0.4) is 0 Å². The van der Waals surface area contributed by atoms with Gasteiger partial charge in [0, 0.05) is 44.4 Å². The molecule has 3 rings (SSSR count). The Balaban J connectivity index is 1.64. The Labute approximate surface area is 142 Å². The first-order valence-corrected chi connectivity index (χ1v) is 8.51. The van der Waals surface area contributed by atoms with Crippen LogP contribution in [0.25, 0.3) is 0 Å². The summed E-state index contributed by atoms with van der Waals surface area (Å²) in [7, 11) is 1.72. The van der Waals surface area contributed by atoms with Gasteiger partial charge in [-0.05, 0) is 31.0 Å². The highest BCUT2D eigenvalue weighted by molar-refractivity contribution is 5.94. The number of benzene rings is 1. The molecule has 24 heavy (non-hydrogen) atoms. The predicted molar refractivity (Wildman–Crippen MR) is 88.5 cm³/mol.